The Morgan fingerprint density at radius 2 is 1.45 bits per heavy atom. The second kappa shape index (κ2) is 10.5. The van der Waals surface area contributed by atoms with Gasteiger partial charge >= 0.3 is 0 Å². The number of carbonyl (C=O) groups is 1. The van der Waals surface area contributed by atoms with Crippen molar-refractivity contribution < 1.29 is 13.2 Å². The number of hydrogen-bond donors (Lipinski definition) is 1. The second-order valence-corrected chi connectivity index (χ2v) is 11.0. The van der Waals surface area contributed by atoms with Gasteiger partial charge in [-0.05, 0) is 67.8 Å². The lowest BCUT2D eigenvalue weighted by molar-refractivity contribution is -0.116. The second-order valence-electron chi connectivity index (χ2n) is 7.80. The van der Waals surface area contributed by atoms with E-state index in [1.54, 1.807) is 50.2 Å². The van der Waals surface area contributed by atoms with Gasteiger partial charge in [0.25, 0.3) is 0 Å². The molecule has 0 fully saturated rings. The number of nitrogens with one attached hydrogen (secondary N) is 1. The van der Waals surface area contributed by atoms with E-state index in [4.69, 9.17) is 34.8 Å². The molecule has 1 amide bonds. The normalized spacial score (nSPS) is 11.6. The van der Waals surface area contributed by atoms with Crippen LogP contribution in [-0.4, -0.2) is 25.2 Å². The van der Waals surface area contributed by atoms with Crippen molar-refractivity contribution in [1.82, 2.24) is 4.31 Å². The van der Waals surface area contributed by atoms with Crippen LogP contribution in [-0.2, 0) is 21.4 Å². The minimum absolute atomic E-state index is 0.0110. The Labute approximate surface area is 209 Å². The third-order valence-corrected chi connectivity index (χ3v) is 7.91. The van der Waals surface area contributed by atoms with Crippen LogP contribution in [0.4, 0.5) is 5.69 Å². The number of aryl methyl sites for hydroxylation is 3. The molecule has 5 nitrogen and oxygen atoms in total. The average molecular weight is 526 g/mol. The molecule has 0 atom stereocenters. The summed E-state index contributed by atoms with van der Waals surface area (Å²) in [5, 5.41) is 3.88. The fourth-order valence-corrected chi connectivity index (χ4v) is 5.92. The van der Waals surface area contributed by atoms with Gasteiger partial charge < -0.3 is 5.32 Å². The maximum atomic E-state index is 13.7. The first-order valence-electron chi connectivity index (χ1n) is 10.0. The summed E-state index contributed by atoms with van der Waals surface area (Å²) in [4.78, 5) is 13.1. The van der Waals surface area contributed by atoms with E-state index in [2.05, 4.69) is 5.32 Å². The molecule has 33 heavy (non-hydrogen) atoms. The predicted octanol–water partition coefficient (Wildman–Crippen LogP) is 6.40. The van der Waals surface area contributed by atoms with Crippen LogP contribution >= 0.6 is 34.8 Å². The van der Waals surface area contributed by atoms with Crippen molar-refractivity contribution in [3.8, 4) is 0 Å². The van der Waals surface area contributed by atoms with E-state index in [1.165, 1.54) is 6.07 Å². The van der Waals surface area contributed by atoms with Gasteiger partial charge in [-0.1, -0.05) is 64.6 Å². The Balaban J connectivity index is 1.98. The van der Waals surface area contributed by atoms with Crippen LogP contribution in [0.1, 0.15) is 22.3 Å². The monoisotopic (exact) mass is 524 g/mol. The topological polar surface area (TPSA) is 66.5 Å². The first-order valence-corrected chi connectivity index (χ1v) is 12.6. The van der Waals surface area contributed by atoms with Crippen molar-refractivity contribution in [2.24, 2.45) is 0 Å². The van der Waals surface area contributed by atoms with E-state index < -0.39 is 22.5 Å². The van der Waals surface area contributed by atoms with Gasteiger partial charge in [0.15, 0.2) is 0 Å². The summed E-state index contributed by atoms with van der Waals surface area (Å²) >= 11 is 18.1. The molecule has 3 rings (SSSR count). The molecule has 3 aromatic carbocycles. The number of anilines is 1. The summed E-state index contributed by atoms with van der Waals surface area (Å²) in [6.07, 6.45) is 0. The minimum atomic E-state index is -4.01. The van der Waals surface area contributed by atoms with Gasteiger partial charge in [-0.2, -0.15) is 4.31 Å². The molecular formula is C24H23Cl3N2O3S. The Bertz CT molecular complexity index is 1270. The van der Waals surface area contributed by atoms with Gasteiger partial charge in [-0.15, -0.1) is 0 Å². The zero-order chi connectivity index (χ0) is 24.3. The van der Waals surface area contributed by atoms with Gasteiger partial charge in [0.05, 0.1) is 22.2 Å². The largest absolute Gasteiger partial charge is 0.324 e. The summed E-state index contributed by atoms with van der Waals surface area (Å²) in [5.74, 6) is -0.542. The molecule has 0 bridgehead atoms. The lowest BCUT2D eigenvalue weighted by Gasteiger charge is -2.24. The highest BCUT2D eigenvalue weighted by molar-refractivity contribution is 7.89. The van der Waals surface area contributed by atoms with Crippen molar-refractivity contribution in [2.75, 3.05) is 11.9 Å². The zero-order valence-corrected chi connectivity index (χ0v) is 21.4. The molecule has 0 unspecified atom stereocenters. The zero-order valence-electron chi connectivity index (χ0n) is 18.3. The number of halogens is 3. The summed E-state index contributed by atoms with van der Waals surface area (Å²) in [5.41, 5.74) is 3.19. The first-order chi connectivity index (χ1) is 15.5. The van der Waals surface area contributed by atoms with E-state index in [-0.39, 0.29) is 11.4 Å². The minimum Gasteiger partial charge on any atom is -0.324 e. The molecule has 0 aromatic heterocycles. The van der Waals surface area contributed by atoms with E-state index >= 15 is 0 Å². The van der Waals surface area contributed by atoms with Gasteiger partial charge in [0, 0.05) is 16.6 Å². The van der Waals surface area contributed by atoms with Crippen LogP contribution in [0.3, 0.4) is 0 Å². The number of carbonyl (C=O) groups excluding carboxylic acids is 1. The molecular weight excluding hydrogens is 503 g/mol. The third-order valence-electron chi connectivity index (χ3n) is 5.00. The Morgan fingerprint density at radius 3 is 2.06 bits per heavy atom. The smallest absolute Gasteiger partial charge is 0.244 e. The number of rotatable bonds is 7. The van der Waals surface area contributed by atoms with Gasteiger partial charge in [-0.3, -0.25) is 4.79 Å². The van der Waals surface area contributed by atoms with Crippen LogP contribution in [0, 0.1) is 20.8 Å². The van der Waals surface area contributed by atoms with Crippen LogP contribution < -0.4 is 5.32 Å². The quantitative estimate of drug-likeness (QED) is 0.388. The number of nitrogens with zero attached hydrogens (tertiary/aromatic N) is 1. The molecule has 0 saturated heterocycles. The highest BCUT2D eigenvalue weighted by Crippen LogP contribution is 2.28. The van der Waals surface area contributed by atoms with Crippen molar-refractivity contribution in [3.63, 3.8) is 0 Å². The van der Waals surface area contributed by atoms with Crippen molar-refractivity contribution in [3.05, 3.63) is 91.9 Å². The van der Waals surface area contributed by atoms with E-state index in [9.17, 15) is 13.2 Å². The van der Waals surface area contributed by atoms with Crippen molar-refractivity contribution >= 4 is 56.4 Å². The lowest BCUT2D eigenvalue weighted by atomic mass is 10.1. The molecule has 1 N–H and O–H groups in total. The summed E-state index contributed by atoms with van der Waals surface area (Å²) in [6, 6.07) is 15.1. The van der Waals surface area contributed by atoms with E-state index in [1.807, 2.05) is 19.1 Å². The number of sulfonamides is 1. The van der Waals surface area contributed by atoms with E-state index in [0.717, 1.165) is 9.87 Å². The third kappa shape index (κ3) is 6.28. The standard InChI is InChI=1S/C24H23Cl3N2O3S/c1-15-10-16(2)24(17(3)11-15)33(31,32)29(13-18-4-6-19(25)7-5-18)14-23(30)28-22-12-20(26)8-9-21(22)27/h4-12H,13-14H2,1-3H3,(H,28,30). The van der Waals surface area contributed by atoms with E-state index in [0.29, 0.717) is 37.4 Å². The number of amides is 1. The van der Waals surface area contributed by atoms with Crippen molar-refractivity contribution in [1.29, 1.82) is 0 Å². The molecule has 0 aliphatic carbocycles. The maximum Gasteiger partial charge on any atom is 0.244 e. The molecule has 174 valence electrons. The van der Waals surface area contributed by atoms with Gasteiger partial charge in [-0.25, -0.2) is 8.42 Å². The highest BCUT2D eigenvalue weighted by Gasteiger charge is 2.30. The number of benzene rings is 3. The molecule has 0 heterocycles. The molecule has 0 aliphatic heterocycles. The molecule has 3 aromatic rings. The molecule has 0 aliphatic rings. The first kappa shape index (κ1) is 25.5. The van der Waals surface area contributed by atoms with Crippen LogP contribution in [0.2, 0.25) is 15.1 Å². The lowest BCUT2D eigenvalue weighted by Crippen LogP contribution is -2.38. The fourth-order valence-electron chi connectivity index (χ4n) is 3.67. The summed E-state index contributed by atoms with van der Waals surface area (Å²) in [7, 11) is -4.01. The summed E-state index contributed by atoms with van der Waals surface area (Å²) in [6.45, 7) is 4.98. The predicted molar refractivity (Wildman–Crippen MR) is 135 cm³/mol. The van der Waals surface area contributed by atoms with Gasteiger partial charge in [0.2, 0.25) is 15.9 Å². The van der Waals surface area contributed by atoms with Crippen LogP contribution in [0.25, 0.3) is 0 Å². The maximum absolute atomic E-state index is 13.7. The SMILES string of the molecule is Cc1cc(C)c(S(=O)(=O)N(CC(=O)Nc2cc(Cl)ccc2Cl)Cc2ccc(Cl)cc2)c(C)c1. The van der Waals surface area contributed by atoms with Gasteiger partial charge in [0.1, 0.15) is 0 Å². The highest BCUT2D eigenvalue weighted by atomic mass is 35.5. The Hall–Kier alpha value is -2.09. The molecule has 9 heteroatoms. The van der Waals surface area contributed by atoms with Crippen LogP contribution in [0.5, 0.6) is 0 Å². The average Bonchev–Trinajstić information content (AvgIpc) is 2.71. The Kier molecular flexibility index (Phi) is 8.08. The van der Waals surface area contributed by atoms with Crippen LogP contribution in [0.15, 0.2) is 59.5 Å². The Morgan fingerprint density at radius 1 is 0.879 bits per heavy atom. The molecule has 0 radical (unpaired) electrons. The number of hydrogen-bond acceptors (Lipinski definition) is 3. The van der Waals surface area contributed by atoms with Crippen molar-refractivity contribution in [2.45, 2.75) is 32.2 Å². The summed E-state index contributed by atoms with van der Waals surface area (Å²) < 4.78 is 28.6. The molecule has 0 spiro atoms. The molecule has 0 saturated carbocycles. The fraction of sp³-hybridized carbons (Fsp3) is 0.208.